The highest BCUT2D eigenvalue weighted by Crippen LogP contribution is 2.51. The number of imidazole rings is 1. The number of alkyl halides is 1. The third-order valence-corrected chi connectivity index (χ3v) is 7.28. The number of halogens is 1. The Hall–Kier alpha value is -4.58. The van der Waals surface area contributed by atoms with Crippen molar-refractivity contribution in [3.63, 3.8) is 0 Å². The monoisotopic (exact) mass is 563 g/mol. The average Bonchev–Trinajstić information content (AvgIpc) is 3.47. The predicted octanol–water partition coefficient (Wildman–Crippen LogP) is 4.25. The number of carbonyl (C=O) groups is 2. The van der Waals surface area contributed by atoms with Crippen molar-refractivity contribution in [3.8, 4) is 5.75 Å². The average molecular weight is 564 g/mol. The van der Waals surface area contributed by atoms with Crippen LogP contribution in [0.2, 0.25) is 0 Å². The van der Waals surface area contributed by atoms with E-state index < -0.39 is 35.5 Å². The van der Waals surface area contributed by atoms with Crippen LogP contribution in [-0.2, 0) is 25.5 Å². The normalized spacial score (nSPS) is 23.7. The molecule has 0 saturated carbocycles. The van der Waals surface area contributed by atoms with Gasteiger partial charge in [0.15, 0.2) is 34.5 Å². The molecule has 5 rings (SSSR count). The summed E-state index contributed by atoms with van der Waals surface area (Å²) >= 11 is 0. The highest BCUT2D eigenvalue weighted by molar-refractivity contribution is 5.89. The third kappa shape index (κ3) is 5.30. The number of benzene rings is 2. The molecule has 12 heteroatoms. The lowest BCUT2D eigenvalue weighted by molar-refractivity contribution is -0.175. The first-order chi connectivity index (χ1) is 19.6. The quantitative estimate of drug-likeness (QED) is 0.295. The number of anilines is 1. The van der Waals surface area contributed by atoms with Crippen LogP contribution < -0.4 is 10.1 Å². The maximum absolute atomic E-state index is 16.8. The second-order valence-electron chi connectivity index (χ2n) is 9.97. The fourth-order valence-corrected chi connectivity index (χ4v) is 4.89. The number of esters is 2. The third-order valence-electron chi connectivity index (χ3n) is 7.28. The maximum atomic E-state index is 16.8. The molecule has 41 heavy (non-hydrogen) atoms. The summed E-state index contributed by atoms with van der Waals surface area (Å²) in [5.41, 5.74) is -2.12. The molecule has 1 aliphatic heterocycles. The molecule has 1 saturated heterocycles. The molecule has 2 aromatic heterocycles. The summed E-state index contributed by atoms with van der Waals surface area (Å²) < 4.78 is 40.6. The highest BCUT2D eigenvalue weighted by atomic mass is 19.1. The summed E-state index contributed by atoms with van der Waals surface area (Å²) in [6, 6.07) is 15.9. The number of nitrogens with zero attached hydrogens (tertiary/aromatic N) is 4. The van der Waals surface area contributed by atoms with Gasteiger partial charge in [0, 0.05) is 13.5 Å². The van der Waals surface area contributed by atoms with Gasteiger partial charge in [-0.05, 0) is 43.7 Å². The Balaban J connectivity index is 1.42. The van der Waals surface area contributed by atoms with Crippen LogP contribution in [0.5, 0.6) is 5.75 Å². The number of aromatic nitrogens is 4. The van der Waals surface area contributed by atoms with Crippen LogP contribution in [0, 0.1) is 0 Å². The molecule has 214 valence electrons. The van der Waals surface area contributed by atoms with Gasteiger partial charge in [0.25, 0.3) is 0 Å². The molecule has 0 aliphatic carbocycles. The van der Waals surface area contributed by atoms with E-state index in [4.69, 9.17) is 18.9 Å². The van der Waals surface area contributed by atoms with Gasteiger partial charge in [-0.3, -0.25) is 9.36 Å². The largest absolute Gasteiger partial charge is 0.497 e. The van der Waals surface area contributed by atoms with Crippen LogP contribution in [-0.4, -0.2) is 62.5 Å². The molecular weight excluding hydrogens is 533 g/mol. The van der Waals surface area contributed by atoms with Gasteiger partial charge in [-0.15, -0.1) is 0 Å². The predicted molar refractivity (Wildman–Crippen MR) is 146 cm³/mol. The molecule has 2 aromatic carbocycles. The molecule has 4 aromatic rings. The molecule has 1 aliphatic rings. The van der Waals surface area contributed by atoms with E-state index in [0.717, 1.165) is 11.3 Å². The molecule has 11 nitrogen and oxygen atoms in total. The van der Waals surface area contributed by atoms with Gasteiger partial charge >= 0.3 is 11.9 Å². The Kier molecular flexibility index (Phi) is 7.59. The van der Waals surface area contributed by atoms with Crippen LogP contribution in [0.4, 0.5) is 10.2 Å². The molecule has 0 amide bonds. The Labute approximate surface area is 235 Å². The van der Waals surface area contributed by atoms with E-state index in [9.17, 15) is 9.59 Å². The van der Waals surface area contributed by atoms with Crippen LogP contribution in [0.1, 0.15) is 42.9 Å². The van der Waals surface area contributed by atoms with Gasteiger partial charge in [-0.25, -0.2) is 24.1 Å². The minimum atomic E-state index is -2.28. The fourth-order valence-electron chi connectivity index (χ4n) is 4.89. The van der Waals surface area contributed by atoms with Crippen LogP contribution in [0.3, 0.4) is 0 Å². The van der Waals surface area contributed by atoms with Crippen molar-refractivity contribution < 1.29 is 32.9 Å². The zero-order chi connectivity index (χ0) is 29.2. The number of hydrogen-bond donors (Lipinski definition) is 1. The minimum Gasteiger partial charge on any atom is -0.497 e. The van der Waals surface area contributed by atoms with Gasteiger partial charge in [0.1, 0.15) is 24.8 Å². The van der Waals surface area contributed by atoms with Crippen LogP contribution >= 0.6 is 0 Å². The first-order valence-corrected chi connectivity index (χ1v) is 12.9. The van der Waals surface area contributed by atoms with Crippen molar-refractivity contribution in [2.45, 2.75) is 50.9 Å². The fraction of sp³-hybridized carbons (Fsp3) is 0.345. The van der Waals surface area contributed by atoms with Gasteiger partial charge < -0.3 is 24.3 Å². The Bertz CT molecular complexity index is 1560. The molecule has 0 spiro atoms. The molecule has 1 fully saturated rings. The Morgan fingerprint density at radius 3 is 2.61 bits per heavy atom. The lowest BCUT2D eigenvalue weighted by Crippen LogP contribution is -2.55. The summed E-state index contributed by atoms with van der Waals surface area (Å²) in [5, 5.41) is 3.24. The lowest BCUT2D eigenvalue weighted by Gasteiger charge is -2.36. The van der Waals surface area contributed by atoms with E-state index >= 15 is 4.39 Å². The zero-order valence-corrected chi connectivity index (χ0v) is 23.0. The zero-order valence-electron chi connectivity index (χ0n) is 23.0. The van der Waals surface area contributed by atoms with Crippen molar-refractivity contribution in [1.82, 2.24) is 19.5 Å². The van der Waals surface area contributed by atoms with E-state index in [1.165, 1.54) is 38.0 Å². The summed E-state index contributed by atoms with van der Waals surface area (Å²) in [6.45, 7) is 3.94. The van der Waals surface area contributed by atoms with Crippen molar-refractivity contribution in [1.29, 1.82) is 0 Å². The number of hydrogen-bond acceptors (Lipinski definition) is 10. The number of ether oxygens (including phenoxy) is 4. The van der Waals surface area contributed by atoms with Gasteiger partial charge in [-0.2, -0.15) is 0 Å². The molecular formula is C29H30FN5O6. The number of carbonyl (C=O) groups excluding carboxylic acids is 2. The van der Waals surface area contributed by atoms with E-state index in [1.807, 2.05) is 24.3 Å². The van der Waals surface area contributed by atoms with Crippen LogP contribution in [0.25, 0.3) is 11.2 Å². The topological polar surface area (TPSA) is 127 Å². The van der Waals surface area contributed by atoms with Gasteiger partial charge in [0.2, 0.25) is 0 Å². The molecule has 4 atom stereocenters. The summed E-state index contributed by atoms with van der Waals surface area (Å²) in [5.74, 6) is -0.161. The molecule has 0 unspecified atom stereocenters. The van der Waals surface area contributed by atoms with Crippen molar-refractivity contribution >= 4 is 28.9 Å². The number of rotatable bonds is 9. The van der Waals surface area contributed by atoms with Crippen molar-refractivity contribution in [2.75, 3.05) is 19.0 Å². The van der Waals surface area contributed by atoms with Crippen molar-refractivity contribution in [3.05, 3.63) is 78.4 Å². The minimum absolute atomic E-state index is 0.300. The molecule has 0 bridgehead atoms. The Morgan fingerprint density at radius 1 is 1.10 bits per heavy atom. The maximum Gasteiger partial charge on any atom is 0.338 e. The number of methoxy groups -OCH3 is 1. The summed E-state index contributed by atoms with van der Waals surface area (Å²) in [7, 11) is 1.60. The Morgan fingerprint density at radius 2 is 1.88 bits per heavy atom. The molecule has 0 radical (unpaired) electrons. The second kappa shape index (κ2) is 11.1. The first-order valence-electron chi connectivity index (χ1n) is 12.9. The summed E-state index contributed by atoms with van der Waals surface area (Å²) in [4.78, 5) is 37.7. The van der Waals surface area contributed by atoms with Gasteiger partial charge in [-0.1, -0.05) is 30.3 Å². The number of nitrogens with one attached hydrogen (secondary N) is 1. The van der Waals surface area contributed by atoms with E-state index in [1.54, 1.807) is 37.4 Å². The standard InChI is InChI=1S/C29H30FN5O6/c1-18(36)41-29(3)22(15-39-26(37)20-10-6-5-7-11-20)40-27(28(29,2)30)35-17-34-23-24(32-16-33-25(23)35)31-14-19-9-8-12-21(13-19)38-4/h5-13,16-17,22,27H,14-15H2,1-4H3,(H,31,32,33)/t22-,27+,28+,29+/m1/s1. The number of fused-ring (bicyclic) bond motifs is 1. The van der Waals surface area contributed by atoms with E-state index in [2.05, 4.69) is 20.3 Å². The summed E-state index contributed by atoms with van der Waals surface area (Å²) in [6.07, 6.45) is 0.275. The van der Waals surface area contributed by atoms with E-state index in [-0.39, 0.29) is 6.61 Å². The van der Waals surface area contributed by atoms with E-state index in [0.29, 0.717) is 29.1 Å². The smallest absolute Gasteiger partial charge is 0.338 e. The first kappa shape index (κ1) is 28.0. The van der Waals surface area contributed by atoms with Crippen molar-refractivity contribution in [2.24, 2.45) is 0 Å². The van der Waals surface area contributed by atoms with Gasteiger partial charge in [0.05, 0.1) is 19.0 Å². The van der Waals surface area contributed by atoms with Crippen LogP contribution in [0.15, 0.2) is 67.3 Å². The highest BCUT2D eigenvalue weighted by Gasteiger charge is 2.66. The lowest BCUT2D eigenvalue weighted by atomic mass is 9.84. The second-order valence-corrected chi connectivity index (χ2v) is 9.97. The molecule has 3 heterocycles. The molecule has 1 N–H and O–H groups in total. The SMILES string of the molecule is COc1cccc(CNc2ncnc3c2ncn3[C@H]2O[C@H](COC(=O)c3ccccc3)[C@](C)(OC(C)=O)[C@@]2(C)F)c1.